The molecule has 1 aromatic heterocycles. The highest BCUT2D eigenvalue weighted by atomic mass is 79.9. The number of rotatable bonds is 3. The van der Waals surface area contributed by atoms with E-state index in [4.69, 9.17) is 10.5 Å². The average molecular weight is 320 g/mol. The number of benzene rings is 1. The minimum absolute atomic E-state index is 0.203. The Morgan fingerprint density at radius 1 is 1.21 bits per heavy atom. The van der Waals surface area contributed by atoms with Crippen molar-refractivity contribution in [2.24, 2.45) is 5.73 Å². The third-order valence-electron chi connectivity index (χ3n) is 3.42. The molecule has 0 bridgehead atoms. The summed E-state index contributed by atoms with van der Waals surface area (Å²) < 4.78 is 6.33. The molecular formula is C14H14BrN3O. The van der Waals surface area contributed by atoms with Gasteiger partial charge in [0.2, 0.25) is 0 Å². The molecule has 0 radical (unpaired) electrons. The fourth-order valence-electron chi connectivity index (χ4n) is 2.08. The largest absolute Gasteiger partial charge is 0.379 e. The van der Waals surface area contributed by atoms with Gasteiger partial charge >= 0.3 is 0 Å². The molecule has 0 aliphatic carbocycles. The highest BCUT2D eigenvalue weighted by Crippen LogP contribution is 2.30. The number of aromatic nitrogens is 2. The lowest BCUT2D eigenvalue weighted by Crippen LogP contribution is -2.53. The zero-order chi connectivity index (χ0) is 13.3. The second kappa shape index (κ2) is 5.00. The summed E-state index contributed by atoms with van der Waals surface area (Å²) in [4.78, 5) is 9.02. The number of nitrogens with two attached hydrogens (primary N) is 1. The van der Waals surface area contributed by atoms with Crippen LogP contribution in [0.25, 0.3) is 11.3 Å². The number of halogens is 1. The molecule has 1 fully saturated rings. The van der Waals surface area contributed by atoms with Gasteiger partial charge in [-0.3, -0.25) is 0 Å². The van der Waals surface area contributed by atoms with Crippen molar-refractivity contribution in [2.75, 3.05) is 19.8 Å². The summed E-state index contributed by atoms with van der Waals surface area (Å²) in [6.07, 6.45) is 1.79. The third kappa shape index (κ3) is 2.29. The van der Waals surface area contributed by atoms with E-state index < -0.39 is 0 Å². The lowest BCUT2D eigenvalue weighted by atomic mass is 9.85. The van der Waals surface area contributed by atoms with E-state index >= 15 is 0 Å². The van der Waals surface area contributed by atoms with E-state index in [1.54, 1.807) is 6.20 Å². The summed E-state index contributed by atoms with van der Waals surface area (Å²) in [6.45, 7) is 1.72. The molecule has 5 heteroatoms. The van der Waals surface area contributed by atoms with Gasteiger partial charge in [-0.25, -0.2) is 9.97 Å². The zero-order valence-corrected chi connectivity index (χ0v) is 11.9. The predicted molar refractivity (Wildman–Crippen MR) is 76.7 cm³/mol. The molecule has 3 rings (SSSR count). The molecule has 0 amide bonds. The van der Waals surface area contributed by atoms with E-state index in [0.29, 0.717) is 19.8 Å². The first-order valence-corrected chi connectivity index (χ1v) is 6.90. The summed E-state index contributed by atoms with van der Waals surface area (Å²) in [7, 11) is 0. The minimum atomic E-state index is -0.203. The Kier molecular flexibility index (Phi) is 3.35. The molecule has 98 valence electrons. The highest BCUT2D eigenvalue weighted by Gasteiger charge is 2.42. The lowest BCUT2D eigenvalue weighted by molar-refractivity contribution is -0.0593. The Bertz CT molecular complexity index is 576. The smallest absolute Gasteiger partial charge is 0.141 e. The van der Waals surface area contributed by atoms with Gasteiger partial charge in [-0.05, 0) is 18.2 Å². The Morgan fingerprint density at radius 2 is 1.95 bits per heavy atom. The van der Waals surface area contributed by atoms with Crippen LogP contribution in [-0.4, -0.2) is 29.7 Å². The molecule has 1 aromatic carbocycles. The summed E-state index contributed by atoms with van der Waals surface area (Å²) >= 11 is 3.43. The molecule has 0 unspecified atom stereocenters. The van der Waals surface area contributed by atoms with E-state index in [0.717, 1.165) is 21.6 Å². The van der Waals surface area contributed by atoms with Gasteiger partial charge in [0, 0.05) is 22.8 Å². The van der Waals surface area contributed by atoms with Gasteiger partial charge < -0.3 is 10.5 Å². The number of hydrogen-bond acceptors (Lipinski definition) is 4. The van der Waals surface area contributed by atoms with Crippen LogP contribution in [0.3, 0.4) is 0 Å². The third-order valence-corrected chi connectivity index (χ3v) is 3.95. The van der Waals surface area contributed by atoms with Crippen LogP contribution in [0, 0.1) is 0 Å². The fraction of sp³-hybridized carbons (Fsp3) is 0.286. The summed E-state index contributed by atoms with van der Waals surface area (Å²) in [5.41, 5.74) is 7.62. The summed E-state index contributed by atoms with van der Waals surface area (Å²) in [5.74, 6) is 0.779. The first-order chi connectivity index (χ1) is 9.23. The van der Waals surface area contributed by atoms with Gasteiger partial charge in [0.25, 0.3) is 0 Å². The molecule has 2 aromatic rings. The summed E-state index contributed by atoms with van der Waals surface area (Å²) in [6, 6.07) is 9.98. The van der Waals surface area contributed by atoms with Crippen LogP contribution in [0.15, 0.2) is 41.0 Å². The summed E-state index contributed by atoms with van der Waals surface area (Å²) in [5, 5.41) is 0. The molecule has 19 heavy (non-hydrogen) atoms. The molecule has 1 saturated heterocycles. The van der Waals surface area contributed by atoms with Crippen molar-refractivity contribution in [3.8, 4) is 11.3 Å². The number of ether oxygens (including phenoxy) is 1. The van der Waals surface area contributed by atoms with Crippen molar-refractivity contribution < 1.29 is 4.74 Å². The molecule has 1 aliphatic heterocycles. The van der Waals surface area contributed by atoms with Gasteiger partial charge in [0.15, 0.2) is 0 Å². The van der Waals surface area contributed by atoms with Gasteiger partial charge in [-0.1, -0.05) is 28.1 Å². The average Bonchev–Trinajstić information content (AvgIpc) is 2.39. The molecule has 0 atom stereocenters. The van der Waals surface area contributed by atoms with Crippen LogP contribution >= 0.6 is 15.9 Å². The Labute approximate surface area is 120 Å². The maximum Gasteiger partial charge on any atom is 0.141 e. The van der Waals surface area contributed by atoms with Crippen molar-refractivity contribution in [1.82, 2.24) is 9.97 Å². The Hall–Kier alpha value is -1.30. The van der Waals surface area contributed by atoms with Gasteiger partial charge in [0.05, 0.1) is 24.3 Å². The van der Waals surface area contributed by atoms with Crippen molar-refractivity contribution in [1.29, 1.82) is 0 Å². The molecule has 2 N–H and O–H groups in total. The molecular weight excluding hydrogens is 306 g/mol. The van der Waals surface area contributed by atoms with Crippen LogP contribution in [0.4, 0.5) is 0 Å². The van der Waals surface area contributed by atoms with Crippen molar-refractivity contribution >= 4 is 15.9 Å². The van der Waals surface area contributed by atoms with Crippen molar-refractivity contribution in [3.63, 3.8) is 0 Å². The normalized spacial score (nSPS) is 16.9. The van der Waals surface area contributed by atoms with E-state index in [-0.39, 0.29) is 5.41 Å². The van der Waals surface area contributed by atoms with Crippen molar-refractivity contribution in [3.05, 3.63) is 46.8 Å². The van der Waals surface area contributed by atoms with Crippen LogP contribution in [0.2, 0.25) is 0 Å². The minimum Gasteiger partial charge on any atom is -0.379 e. The van der Waals surface area contributed by atoms with E-state index in [9.17, 15) is 0 Å². The maximum atomic E-state index is 5.84. The topological polar surface area (TPSA) is 61.0 Å². The Morgan fingerprint density at radius 3 is 2.53 bits per heavy atom. The second-order valence-electron chi connectivity index (χ2n) is 4.75. The Balaban J connectivity index is 1.98. The number of hydrogen-bond donors (Lipinski definition) is 1. The van der Waals surface area contributed by atoms with E-state index in [1.165, 1.54) is 0 Å². The standard InChI is InChI=1S/C14H14BrN3O/c15-11-3-1-10(2-4-11)12-5-6-17-13(18-12)14(7-16)8-19-9-14/h1-6H,7-9,16H2. The van der Waals surface area contributed by atoms with Gasteiger partial charge in [-0.15, -0.1) is 0 Å². The van der Waals surface area contributed by atoms with Gasteiger partial charge in [-0.2, -0.15) is 0 Å². The van der Waals surface area contributed by atoms with E-state index in [1.807, 2.05) is 30.3 Å². The molecule has 1 aliphatic rings. The highest BCUT2D eigenvalue weighted by molar-refractivity contribution is 9.10. The zero-order valence-electron chi connectivity index (χ0n) is 10.3. The quantitative estimate of drug-likeness (QED) is 0.941. The molecule has 0 spiro atoms. The van der Waals surface area contributed by atoms with Crippen LogP contribution in [0.5, 0.6) is 0 Å². The van der Waals surface area contributed by atoms with Crippen LogP contribution < -0.4 is 5.73 Å². The second-order valence-corrected chi connectivity index (χ2v) is 5.67. The predicted octanol–water partition coefficient (Wildman–Crippen LogP) is 2.13. The monoisotopic (exact) mass is 319 g/mol. The maximum absolute atomic E-state index is 5.84. The van der Waals surface area contributed by atoms with E-state index in [2.05, 4.69) is 25.9 Å². The molecule has 4 nitrogen and oxygen atoms in total. The first kappa shape index (κ1) is 12.7. The lowest BCUT2D eigenvalue weighted by Gasteiger charge is -2.38. The van der Waals surface area contributed by atoms with Crippen LogP contribution in [0.1, 0.15) is 5.82 Å². The van der Waals surface area contributed by atoms with Crippen LogP contribution in [-0.2, 0) is 10.2 Å². The first-order valence-electron chi connectivity index (χ1n) is 6.11. The SMILES string of the molecule is NCC1(c2nccc(-c3ccc(Br)cc3)n2)COC1. The molecule has 0 saturated carbocycles. The van der Waals surface area contributed by atoms with Crippen molar-refractivity contribution in [2.45, 2.75) is 5.41 Å². The van der Waals surface area contributed by atoms with Gasteiger partial charge in [0.1, 0.15) is 5.82 Å². The molecule has 2 heterocycles. The number of nitrogens with zero attached hydrogens (tertiary/aromatic N) is 2. The fourth-order valence-corrected chi connectivity index (χ4v) is 2.35.